The number of rotatable bonds is 3. The van der Waals surface area contributed by atoms with E-state index in [-0.39, 0.29) is 5.91 Å². The number of carbonyl (C=O) groups excluding carboxylic acids is 1. The van der Waals surface area contributed by atoms with Crippen LogP contribution in [0.5, 0.6) is 0 Å². The summed E-state index contributed by atoms with van der Waals surface area (Å²) in [5.74, 6) is 0.738. The minimum absolute atomic E-state index is 0.295. The minimum atomic E-state index is -0.295. The van der Waals surface area contributed by atoms with E-state index < -0.39 is 0 Å². The molecule has 0 saturated heterocycles. The molecule has 1 aromatic carbocycles. The predicted molar refractivity (Wildman–Crippen MR) is 76.7 cm³/mol. The van der Waals surface area contributed by atoms with Crippen molar-refractivity contribution in [2.75, 3.05) is 5.32 Å². The summed E-state index contributed by atoms with van der Waals surface area (Å²) in [6.45, 7) is 1.76. The molecule has 0 aliphatic carbocycles. The minimum Gasteiger partial charge on any atom is -0.360 e. The smallest absolute Gasteiger partial charge is 0.276 e. The SMILES string of the molecule is Cc1cc(NC(=O)c2csc(-c3ccccc3)n2)no1. The van der Waals surface area contributed by atoms with Crippen LogP contribution >= 0.6 is 11.3 Å². The van der Waals surface area contributed by atoms with E-state index in [1.807, 2.05) is 30.3 Å². The molecule has 0 aliphatic rings. The molecule has 0 bridgehead atoms. The van der Waals surface area contributed by atoms with E-state index in [4.69, 9.17) is 4.52 Å². The molecule has 2 aromatic heterocycles. The van der Waals surface area contributed by atoms with E-state index in [1.165, 1.54) is 11.3 Å². The molecular weight excluding hydrogens is 274 g/mol. The van der Waals surface area contributed by atoms with Gasteiger partial charge in [-0.3, -0.25) is 4.79 Å². The Hall–Kier alpha value is -2.47. The number of aromatic nitrogens is 2. The molecule has 6 heteroatoms. The topological polar surface area (TPSA) is 68.0 Å². The molecular formula is C14H11N3O2S. The number of thiazole rings is 1. The molecule has 0 aliphatic heterocycles. The van der Waals surface area contributed by atoms with Crippen molar-refractivity contribution in [2.45, 2.75) is 6.92 Å². The zero-order chi connectivity index (χ0) is 13.9. The largest absolute Gasteiger partial charge is 0.360 e. The van der Waals surface area contributed by atoms with Gasteiger partial charge in [0.05, 0.1) is 0 Å². The highest BCUT2D eigenvalue weighted by Gasteiger charge is 2.13. The molecule has 1 N–H and O–H groups in total. The first kappa shape index (κ1) is 12.6. The Morgan fingerprint density at radius 1 is 1.30 bits per heavy atom. The van der Waals surface area contributed by atoms with Gasteiger partial charge in [0.1, 0.15) is 16.5 Å². The lowest BCUT2D eigenvalue weighted by molar-refractivity contribution is 0.102. The van der Waals surface area contributed by atoms with Gasteiger partial charge in [0.25, 0.3) is 5.91 Å². The monoisotopic (exact) mass is 285 g/mol. The summed E-state index contributed by atoms with van der Waals surface area (Å²) in [6.07, 6.45) is 0. The van der Waals surface area contributed by atoms with Crippen LogP contribution in [0.4, 0.5) is 5.82 Å². The third kappa shape index (κ3) is 2.60. The second-order valence-electron chi connectivity index (χ2n) is 4.18. The Bertz CT molecular complexity index is 734. The van der Waals surface area contributed by atoms with Crippen molar-refractivity contribution >= 4 is 23.1 Å². The zero-order valence-electron chi connectivity index (χ0n) is 10.7. The van der Waals surface area contributed by atoms with Crippen LogP contribution in [0.1, 0.15) is 16.2 Å². The summed E-state index contributed by atoms with van der Waals surface area (Å²) in [5.41, 5.74) is 1.36. The molecule has 0 saturated carbocycles. The number of aryl methyl sites for hydroxylation is 1. The summed E-state index contributed by atoms with van der Waals surface area (Å²) in [5, 5.41) is 8.90. The Morgan fingerprint density at radius 2 is 2.10 bits per heavy atom. The standard InChI is InChI=1S/C14H11N3O2S/c1-9-7-12(17-19-9)16-13(18)11-8-20-14(15-11)10-5-3-2-4-6-10/h2-8H,1H3,(H,16,17,18). The van der Waals surface area contributed by atoms with Gasteiger partial charge in [0, 0.05) is 17.0 Å². The summed E-state index contributed by atoms with van der Waals surface area (Å²) in [6, 6.07) is 11.4. The van der Waals surface area contributed by atoms with E-state index in [1.54, 1.807) is 18.4 Å². The van der Waals surface area contributed by atoms with E-state index in [0.717, 1.165) is 10.6 Å². The molecule has 0 radical (unpaired) electrons. The van der Waals surface area contributed by atoms with Gasteiger partial charge < -0.3 is 9.84 Å². The Morgan fingerprint density at radius 3 is 2.80 bits per heavy atom. The number of amides is 1. The molecule has 20 heavy (non-hydrogen) atoms. The number of hydrogen-bond donors (Lipinski definition) is 1. The number of nitrogens with zero attached hydrogens (tertiary/aromatic N) is 2. The van der Waals surface area contributed by atoms with Crippen LogP contribution in [-0.4, -0.2) is 16.0 Å². The molecule has 3 aromatic rings. The Labute approximate surface area is 119 Å². The van der Waals surface area contributed by atoms with Gasteiger partial charge in [-0.1, -0.05) is 35.5 Å². The lowest BCUT2D eigenvalue weighted by Gasteiger charge is -1.97. The third-order valence-corrected chi connectivity index (χ3v) is 3.52. The maximum absolute atomic E-state index is 12.0. The first-order valence-corrected chi connectivity index (χ1v) is 6.86. The maximum Gasteiger partial charge on any atom is 0.276 e. The second-order valence-corrected chi connectivity index (χ2v) is 5.04. The number of nitrogens with one attached hydrogen (secondary N) is 1. The van der Waals surface area contributed by atoms with Crippen LogP contribution in [0, 0.1) is 6.92 Å². The van der Waals surface area contributed by atoms with Crippen LogP contribution in [0.3, 0.4) is 0 Å². The summed E-state index contributed by atoms with van der Waals surface area (Å²) in [7, 11) is 0. The fourth-order valence-electron chi connectivity index (χ4n) is 1.70. The van der Waals surface area contributed by atoms with E-state index in [0.29, 0.717) is 17.3 Å². The number of anilines is 1. The normalized spacial score (nSPS) is 10.4. The van der Waals surface area contributed by atoms with Gasteiger partial charge in [-0.05, 0) is 6.92 Å². The van der Waals surface area contributed by atoms with E-state index in [2.05, 4.69) is 15.5 Å². The fraction of sp³-hybridized carbons (Fsp3) is 0.0714. The molecule has 2 heterocycles. The van der Waals surface area contributed by atoms with Crippen molar-refractivity contribution in [3.8, 4) is 10.6 Å². The number of carbonyl (C=O) groups is 1. The summed E-state index contributed by atoms with van der Waals surface area (Å²) < 4.78 is 4.89. The molecule has 100 valence electrons. The fourth-order valence-corrected chi connectivity index (χ4v) is 2.50. The molecule has 0 fully saturated rings. The average Bonchev–Trinajstić information content (AvgIpc) is 3.09. The van der Waals surface area contributed by atoms with Gasteiger partial charge in [-0.2, -0.15) is 0 Å². The molecule has 5 nitrogen and oxygen atoms in total. The van der Waals surface area contributed by atoms with Crippen LogP contribution in [0.25, 0.3) is 10.6 Å². The molecule has 3 rings (SSSR count). The van der Waals surface area contributed by atoms with Gasteiger partial charge in [-0.25, -0.2) is 4.98 Å². The predicted octanol–water partition coefficient (Wildman–Crippen LogP) is 3.36. The lowest BCUT2D eigenvalue weighted by Crippen LogP contribution is -2.12. The highest BCUT2D eigenvalue weighted by Crippen LogP contribution is 2.23. The summed E-state index contributed by atoms with van der Waals surface area (Å²) >= 11 is 1.43. The van der Waals surface area contributed by atoms with E-state index >= 15 is 0 Å². The van der Waals surface area contributed by atoms with Crippen LogP contribution < -0.4 is 5.32 Å². The van der Waals surface area contributed by atoms with Crippen molar-refractivity contribution in [2.24, 2.45) is 0 Å². The number of hydrogen-bond acceptors (Lipinski definition) is 5. The van der Waals surface area contributed by atoms with Crippen molar-refractivity contribution in [1.82, 2.24) is 10.1 Å². The van der Waals surface area contributed by atoms with Crippen molar-refractivity contribution < 1.29 is 9.32 Å². The molecule has 0 unspecified atom stereocenters. The van der Waals surface area contributed by atoms with Crippen molar-refractivity contribution in [3.05, 3.63) is 53.2 Å². The van der Waals surface area contributed by atoms with Gasteiger partial charge >= 0.3 is 0 Å². The van der Waals surface area contributed by atoms with Crippen LogP contribution in [0.15, 0.2) is 46.3 Å². The highest BCUT2D eigenvalue weighted by atomic mass is 32.1. The third-order valence-electron chi connectivity index (χ3n) is 2.63. The first-order valence-electron chi connectivity index (χ1n) is 5.98. The van der Waals surface area contributed by atoms with E-state index in [9.17, 15) is 4.79 Å². The van der Waals surface area contributed by atoms with Crippen LogP contribution in [0.2, 0.25) is 0 Å². The van der Waals surface area contributed by atoms with Gasteiger partial charge in [-0.15, -0.1) is 11.3 Å². The second kappa shape index (κ2) is 5.26. The van der Waals surface area contributed by atoms with Gasteiger partial charge in [0.2, 0.25) is 0 Å². The van der Waals surface area contributed by atoms with Gasteiger partial charge in [0.15, 0.2) is 5.82 Å². The number of benzene rings is 1. The molecule has 0 atom stereocenters. The zero-order valence-corrected chi connectivity index (χ0v) is 11.5. The molecule has 0 spiro atoms. The van der Waals surface area contributed by atoms with Crippen molar-refractivity contribution in [3.63, 3.8) is 0 Å². The quantitative estimate of drug-likeness (QED) is 0.801. The Balaban J connectivity index is 1.78. The lowest BCUT2D eigenvalue weighted by atomic mass is 10.2. The van der Waals surface area contributed by atoms with Crippen molar-refractivity contribution in [1.29, 1.82) is 0 Å². The summed E-state index contributed by atoms with van der Waals surface area (Å²) in [4.78, 5) is 16.4. The highest BCUT2D eigenvalue weighted by molar-refractivity contribution is 7.13. The first-order chi connectivity index (χ1) is 9.72. The maximum atomic E-state index is 12.0. The average molecular weight is 285 g/mol. The van der Waals surface area contributed by atoms with Crippen LogP contribution in [-0.2, 0) is 0 Å². The Kier molecular flexibility index (Phi) is 3.30. The molecule has 1 amide bonds.